The van der Waals surface area contributed by atoms with Crippen LogP contribution in [0.5, 0.6) is 0 Å². The van der Waals surface area contributed by atoms with E-state index in [4.69, 9.17) is 0 Å². The number of aromatic nitrogens is 2. The van der Waals surface area contributed by atoms with Crippen LogP contribution < -0.4 is 5.32 Å². The monoisotopic (exact) mass is 341 g/mol. The number of hydrogen-bond donors (Lipinski definition) is 1. The SMILES string of the molecule is CC(NC(=O)/C=C/c1cscn1)c1nc(-c2ccccc2)cs1. The predicted octanol–water partition coefficient (Wildman–Crippen LogP) is 4.16. The predicted molar refractivity (Wildman–Crippen MR) is 95.3 cm³/mol. The van der Waals surface area contributed by atoms with Gasteiger partial charge >= 0.3 is 0 Å². The Kier molecular flexibility index (Phi) is 4.95. The van der Waals surface area contributed by atoms with Crippen LogP contribution in [0.3, 0.4) is 0 Å². The maximum Gasteiger partial charge on any atom is 0.244 e. The maximum atomic E-state index is 12.0. The number of carbonyl (C=O) groups is 1. The molecule has 1 N–H and O–H groups in total. The van der Waals surface area contributed by atoms with Gasteiger partial charge in [-0.15, -0.1) is 22.7 Å². The molecule has 6 heteroatoms. The lowest BCUT2D eigenvalue weighted by atomic mass is 10.2. The van der Waals surface area contributed by atoms with Crippen LogP contribution in [0.15, 0.2) is 52.7 Å². The number of hydrogen-bond acceptors (Lipinski definition) is 5. The van der Waals surface area contributed by atoms with Gasteiger partial charge in [0.25, 0.3) is 0 Å². The molecule has 4 nitrogen and oxygen atoms in total. The topological polar surface area (TPSA) is 54.9 Å². The molecule has 3 aromatic rings. The van der Waals surface area contributed by atoms with Crippen molar-refractivity contribution in [1.82, 2.24) is 15.3 Å². The Balaban J connectivity index is 1.63. The third-order valence-corrected chi connectivity index (χ3v) is 4.81. The molecule has 1 amide bonds. The molecule has 2 heterocycles. The maximum absolute atomic E-state index is 12.0. The second-order valence-corrected chi connectivity index (χ2v) is 6.52. The first-order chi connectivity index (χ1) is 11.2. The fourth-order valence-electron chi connectivity index (χ4n) is 2.02. The van der Waals surface area contributed by atoms with Gasteiger partial charge in [-0.2, -0.15) is 0 Å². The number of carbonyl (C=O) groups excluding carboxylic acids is 1. The molecule has 0 aliphatic carbocycles. The number of thiazole rings is 2. The average molecular weight is 341 g/mol. The number of benzene rings is 1. The quantitative estimate of drug-likeness (QED) is 0.709. The normalized spacial score (nSPS) is 12.4. The Bertz CT molecular complexity index is 794. The van der Waals surface area contributed by atoms with Crippen molar-refractivity contribution in [3.05, 3.63) is 63.4 Å². The van der Waals surface area contributed by atoms with Gasteiger partial charge in [-0.1, -0.05) is 30.3 Å². The Morgan fingerprint density at radius 2 is 2.09 bits per heavy atom. The second-order valence-electron chi connectivity index (χ2n) is 4.91. The van der Waals surface area contributed by atoms with Crippen LogP contribution in [0.4, 0.5) is 0 Å². The van der Waals surface area contributed by atoms with Crippen molar-refractivity contribution in [2.24, 2.45) is 0 Å². The molecule has 116 valence electrons. The summed E-state index contributed by atoms with van der Waals surface area (Å²) in [4.78, 5) is 20.7. The Morgan fingerprint density at radius 1 is 1.26 bits per heavy atom. The molecule has 1 atom stereocenters. The van der Waals surface area contributed by atoms with Crippen molar-refractivity contribution in [2.45, 2.75) is 13.0 Å². The summed E-state index contributed by atoms with van der Waals surface area (Å²) in [5.41, 5.74) is 4.54. The van der Waals surface area contributed by atoms with Crippen LogP contribution in [0, 0.1) is 0 Å². The number of nitrogens with zero attached hydrogens (tertiary/aromatic N) is 2. The van der Waals surface area contributed by atoms with Gasteiger partial charge in [0, 0.05) is 22.4 Å². The van der Waals surface area contributed by atoms with E-state index >= 15 is 0 Å². The number of nitrogens with one attached hydrogen (secondary N) is 1. The van der Waals surface area contributed by atoms with Gasteiger partial charge in [0.1, 0.15) is 5.01 Å². The van der Waals surface area contributed by atoms with E-state index in [2.05, 4.69) is 15.3 Å². The third kappa shape index (κ3) is 4.12. The first-order valence-corrected chi connectivity index (χ1v) is 8.92. The summed E-state index contributed by atoms with van der Waals surface area (Å²) in [6.45, 7) is 1.93. The fourth-order valence-corrected chi connectivity index (χ4v) is 3.37. The Labute approximate surface area is 142 Å². The van der Waals surface area contributed by atoms with Crippen LogP contribution in [0.1, 0.15) is 23.7 Å². The molecular weight excluding hydrogens is 326 g/mol. The van der Waals surface area contributed by atoms with Crippen LogP contribution in [0.25, 0.3) is 17.3 Å². The molecule has 0 bridgehead atoms. The molecule has 3 rings (SSSR count). The summed E-state index contributed by atoms with van der Waals surface area (Å²) in [7, 11) is 0. The zero-order valence-electron chi connectivity index (χ0n) is 12.5. The molecule has 0 aliphatic heterocycles. The van der Waals surface area contributed by atoms with Gasteiger partial charge in [0.2, 0.25) is 5.91 Å². The summed E-state index contributed by atoms with van der Waals surface area (Å²) in [5.74, 6) is -0.151. The van der Waals surface area contributed by atoms with E-state index in [1.165, 1.54) is 17.4 Å². The van der Waals surface area contributed by atoms with Crippen molar-refractivity contribution in [3.63, 3.8) is 0 Å². The van der Waals surface area contributed by atoms with Gasteiger partial charge in [-0.3, -0.25) is 4.79 Å². The zero-order valence-corrected chi connectivity index (χ0v) is 14.1. The minimum atomic E-state index is -0.151. The molecule has 0 saturated heterocycles. The Morgan fingerprint density at radius 3 is 2.83 bits per heavy atom. The van der Waals surface area contributed by atoms with Crippen LogP contribution in [-0.2, 0) is 4.79 Å². The third-order valence-electron chi connectivity index (χ3n) is 3.18. The Hall–Kier alpha value is -2.31. The van der Waals surface area contributed by atoms with Gasteiger partial charge in [0.05, 0.1) is 22.9 Å². The van der Waals surface area contributed by atoms with Gasteiger partial charge in [0.15, 0.2) is 0 Å². The lowest BCUT2D eigenvalue weighted by Crippen LogP contribution is -2.24. The summed E-state index contributed by atoms with van der Waals surface area (Å²) in [6, 6.07) is 9.88. The van der Waals surface area contributed by atoms with Crippen LogP contribution in [0.2, 0.25) is 0 Å². The van der Waals surface area contributed by atoms with Crippen molar-refractivity contribution in [1.29, 1.82) is 0 Å². The molecule has 0 fully saturated rings. The van der Waals surface area contributed by atoms with Gasteiger partial charge < -0.3 is 5.32 Å². The highest BCUT2D eigenvalue weighted by molar-refractivity contribution is 7.10. The molecule has 23 heavy (non-hydrogen) atoms. The van der Waals surface area contributed by atoms with Crippen molar-refractivity contribution in [2.75, 3.05) is 0 Å². The number of rotatable bonds is 5. The highest BCUT2D eigenvalue weighted by atomic mass is 32.1. The lowest BCUT2D eigenvalue weighted by Gasteiger charge is -2.08. The fraction of sp³-hybridized carbons (Fsp3) is 0.118. The molecule has 0 aliphatic rings. The van der Waals surface area contributed by atoms with Gasteiger partial charge in [-0.25, -0.2) is 9.97 Å². The first-order valence-electron chi connectivity index (χ1n) is 7.10. The molecule has 1 aromatic carbocycles. The van der Waals surface area contributed by atoms with E-state index in [-0.39, 0.29) is 11.9 Å². The minimum absolute atomic E-state index is 0.134. The molecule has 1 unspecified atom stereocenters. The molecule has 0 radical (unpaired) electrons. The number of amides is 1. The average Bonchev–Trinajstić information content (AvgIpc) is 3.25. The van der Waals surface area contributed by atoms with Crippen LogP contribution in [-0.4, -0.2) is 15.9 Å². The first kappa shape index (κ1) is 15.6. The van der Waals surface area contributed by atoms with E-state index in [1.54, 1.807) is 22.9 Å². The molecular formula is C17H15N3OS2. The molecule has 0 spiro atoms. The highest BCUT2D eigenvalue weighted by Gasteiger charge is 2.12. The standard InChI is InChI=1S/C17H15N3OS2/c1-12(19-16(21)8-7-14-9-22-11-18-14)17-20-15(10-23-17)13-5-3-2-4-6-13/h2-12H,1H3,(H,19,21)/b8-7+. The summed E-state index contributed by atoms with van der Waals surface area (Å²) in [6.07, 6.45) is 3.20. The van der Waals surface area contributed by atoms with E-state index in [1.807, 2.05) is 48.0 Å². The van der Waals surface area contributed by atoms with Crippen molar-refractivity contribution in [3.8, 4) is 11.3 Å². The summed E-state index contributed by atoms with van der Waals surface area (Å²) >= 11 is 3.05. The van der Waals surface area contributed by atoms with Crippen molar-refractivity contribution >= 4 is 34.7 Å². The van der Waals surface area contributed by atoms with Crippen LogP contribution >= 0.6 is 22.7 Å². The second kappa shape index (κ2) is 7.30. The highest BCUT2D eigenvalue weighted by Crippen LogP contribution is 2.25. The van der Waals surface area contributed by atoms with E-state index < -0.39 is 0 Å². The zero-order chi connectivity index (χ0) is 16.1. The smallest absolute Gasteiger partial charge is 0.244 e. The largest absolute Gasteiger partial charge is 0.344 e. The van der Waals surface area contributed by atoms with Crippen molar-refractivity contribution < 1.29 is 4.79 Å². The van der Waals surface area contributed by atoms with E-state index in [9.17, 15) is 4.79 Å². The minimum Gasteiger partial charge on any atom is -0.344 e. The molecule has 0 saturated carbocycles. The van der Waals surface area contributed by atoms with E-state index in [0.717, 1.165) is 22.0 Å². The van der Waals surface area contributed by atoms with Gasteiger partial charge in [-0.05, 0) is 13.0 Å². The van der Waals surface area contributed by atoms with E-state index in [0.29, 0.717) is 0 Å². The lowest BCUT2D eigenvalue weighted by molar-refractivity contribution is -0.117. The summed E-state index contributed by atoms with van der Waals surface area (Å²) in [5, 5.41) is 7.71. The molecule has 2 aromatic heterocycles. The summed E-state index contributed by atoms with van der Waals surface area (Å²) < 4.78 is 0.